The number of nitrogens with one attached hydrogen (secondary N) is 1. The number of hydrogen-bond donors (Lipinski definition) is 2. The monoisotopic (exact) mass is 368 g/mol. The second-order valence-electron chi connectivity index (χ2n) is 3.78. The molecular weight excluding hydrogens is 355 g/mol. The highest BCUT2D eigenvalue weighted by atomic mass is 35.5. The van der Waals surface area contributed by atoms with E-state index in [0.29, 0.717) is 29.4 Å². The molecule has 5 nitrogen and oxygen atoms in total. The van der Waals surface area contributed by atoms with Gasteiger partial charge in [0.2, 0.25) is 0 Å². The van der Waals surface area contributed by atoms with Crippen molar-refractivity contribution in [3.8, 4) is 0 Å². The highest BCUT2D eigenvalue weighted by Crippen LogP contribution is 2.13. The lowest BCUT2D eigenvalue weighted by Gasteiger charge is -2.04. The quantitative estimate of drug-likeness (QED) is 0.848. The summed E-state index contributed by atoms with van der Waals surface area (Å²) >= 11 is 7.39. The summed E-state index contributed by atoms with van der Waals surface area (Å²) in [6.07, 6.45) is 2.32. The minimum Gasteiger partial charge on any atom is -0.345 e. The van der Waals surface area contributed by atoms with Crippen LogP contribution in [0.5, 0.6) is 0 Å². The molecule has 0 atom stereocenters. The molecule has 21 heavy (non-hydrogen) atoms. The third-order valence-corrected chi connectivity index (χ3v) is 3.65. The molecule has 0 aliphatic heterocycles. The third kappa shape index (κ3) is 5.76. The van der Waals surface area contributed by atoms with E-state index in [4.69, 9.17) is 17.3 Å². The van der Waals surface area contributed by atoms with Gasteiger partial charge in [0, 0.05) is 18.0 Å². The van der Waals surface area contributed by atoms with Crippen molar-refractivity contribution in [2.24, 2.45) is 5.73 Å². The van der Waals surface area contributed by atoms with Gasteiger partial charge in [-0.25, -0.2) is 4.98 Å². The minimum atomic E-state index is -0.235. The molecule has 0 aliphatic rings. The predicted molar refractivity (Wildman–Crippen MR) is 89.8 cm³/mol. The first-order valence-electron chi connectivity index (χ1n) is 5.72. The van der Waals surface area contributed by atoms with E-state index in [2.05, 4.69) is 15.3 Å². The van der Waals surface area contributed by atoms with Crippen LogP contribution in [0.4, 0.5) is 0 Å². The highest BCUT2D eigenvalue weighted by Gasteiger charge is 2.11. The van der Waals surface area contributed by atoms with E-state index in [1.807, 2.05) is 0 Å². The van der Waals surface area contributed by atoms with Crippen LogP contribution in [0.15, 0.2) is 23.7 Å². The lowest BCUT2D eigenvalue weighted by Crippen LogP contribution is -2.23. The number of aromatic nitrogens is 2. The van der Waals surface area contributed by atoms with Gasteiger partial charge in [-0.15, -0.1) is 36.2 Å². The van der Waals surface area contributed by atoms with Crippen LogP contribution in [0.1, 0.15) is 21.2 Å². The van der Waals surface area contributed by atoms with Crippen LogP contribution in [-0.4, -0.2) is 22.4 Å². The minimum absolute atomic E-state index is 0. The highest BCUT2D eigenvalue weighted by molar-refractivity contribution is 7.09. The number of carbonyl (C=O) groups is 1. The smallest absolute Gasteiger partial charge is 0.271 e. The molecule has 0 unspecified atom stereocenters. The molecule has 0 saturated carbocycles. The van der Waals surface area contributed by atoms with E-state index in [1.165, 1.54) is 11.3 Å². The van der Waals surface area contributed by atoms with Gasteiger partial charge in [0.05, 0.1) is 22.3 Å². The van der Waals surface area contributed by atoms with Crippen LogP contribution in [-0.2, 0) is 13.0 Å². The Morgan fingerprint density at radius 3 is 2.86 bits per heavy atom. The summed E-state index contributed by atoms with van der Waals surface area (Å²) in [6.45, 7) is 0.806. The van der Waals surface area contributed by atoms with Gasteiger partial charge < -0.3 is 11.1 Å². The third-order valence-electron chi connectivity index (χ3n) is 2.39. The number of halogens is 3. The standard InChI is InChI=1S/C12H13ClN4OS.2ClH/c13-8-2-1-5-15-9(8)6-16-12(18)10-7-19-11(17-10)3-4-14;;/h1-2,5,7H,3-4,6,14H2,(H,16,18);2*1H. The molecular formula is C12H15Cl3N4OS. The summed E-state index contributed by atoms with van der Waals surface area (Å²) < 4.78 is 0. The molecule has 0 bridgehead atoms. The van der Waals surface area contributed by atoms with Crippen LogP contribution in [0, 0.1) is 0 Å². The second kappa shape index (κ2) is 9.92. The van der Waals surface area contributed by atoms with Gasteiger partial charge in [-0.3, -0.25) is 9.78 Å². The number of thiazole rings is 1. The zero-order valence-corrected chi connectivity index (χ0v) is 14.1. The fourth-order valence-corrected chi connectivity index (χ4v) is 2.44. The zero-order chi connectivity index (χ0) is 13.7. The van der Waals surface area contributed by atoms with E-state index in [9.17, 15) is 4.79 Å². The maximum absolute atomic E-state index is 11.9. The van der Waals surface area contributed by atoms with Gasteiger partial charge >= 0.3 is 0 Å². The molecule has 0 spiro atoms. The molecule has 2 rings (SSSR count). The van der Waals surface area contributed by atoms with Gasteiger partial charge in [-0.2, -0.15) is 0 Å². The van der Waals surface area contributed by atoms with Crippen molar-refractivity contribution in [2.45, 2.75) is 13.0 Å². The Kier molecular flexibility index (Phi) is 9.48. The van der Waals surface area contributed by atoms with Gasteiger partial charge in [-0.05, 0) is 18.7 Å². The largest absolute Gasteiger partial charge is 0.345 e. The number of nitrogens with two attached hydrogens (primary N) is 1. The lowest BCUT2D eigenvalue weighted by molar-refractivity contribution is 0.0946. The SMILES string of the molecule is Cl.Cl.NCCc1nc(C(=O)NCc2ncccc2Cl)cs1. The summed E-state index contributed by atoms with van der Waals surface area (Å²) in [5.74, 6) is -0.235. The Labute approximate surface area is 144 Å². The van der Waals surface area contributed by atoms with Crippen molar-refractivity contribution < 1.29 is 4.79 Å². The molecule has 0 saturated heterocycles. The molecule has 2 aromatic heterocycles. The second-order valence-corrected chi connectivity index (χ2v) is 5.13. The number of nitrogens with zero attached hydrogens (tertiary/aromatic N) is 2. The molecule has 1 amide bonds. The maximum Gasteiger partial charge on any atom is 0.271 e. The van der Waals surface area contributed by atoms with E-state index >= 15 is 0 Å². The van der Waals surface area contributed by atoms with Crippen LogP contribution < -0.4 is 11.1 Å². The van der Waals surface area contributed by atoms with Crippen molar-refractivity contribution >= 4 is 53.7 Å². The summed E-state index contributed by atoms with van der Waals surface area (Å²) in [6, 6.07) is 3.48. The van der Waals surface area contributed by atoms with E-state index < -0.39 is 0 Å². The first-order valence-corrected chi connectivity index (χ1v) is 6.98. The Morgan fingerprint density at radius 2 is 2.19 bits per heavy atom. The molecule has 0 aromatic carbocycles. The Hall–Kier alpha value is -0.920. The Balaban J connectivity index is 0.00000200. The van der Waals surface area contributed by atoms with Crippen molar-refractivity contribution in [3.63, 3.8) is 0 Å². The number of hydrogen-bond acceptors (Lipinski definition) is 5. The van der Waals surface area contributed by atoms with E-state index in [-0.39, 0.29) is 37.3 Å². The summed E-state index contributed by atoms with van der Waals surface area (Å²) in [5, 5.41) is 5.86. The molecule has 9 heteroatoms. The van der Waals surface area contributed by atoms with E-state index in [0.717, 1.165) is 5.01 Å². The first kappa shape index (κ1) is 20.1. The van der Waals surface area contributed by atoms with Crippen LogP contribution in [0.3, 0.4) is 0 Å². The maximum atomic E-state index is 11.9. The number of carbonyl (C=O) groups excluding carboxylic acids is 1. The van der Waals surface area contributed by atoms with Crippen molar-refractivity contribution in [1.29, 1.82) is 0 Å². The Morgan fingerprint density at radius 1 is 1.43 bits per heavy atom. The average Bonchev–Trinajstić information content (AvgIpc) is 2.87. The molecule has 0 aliphatic carbocycles. The van der Waals surface area contributed by atoms with E-state index in [1.54, 1.807) is 23.7 Å². The number of pyridine rings is 1. The van der Waals surface area contributed by atoms with Gasteiger partial charge in [0.15, 0.2) is 0 Å². The molecule has 116 valence electrons. The van der Waals surface area contributed by atoms with Gasteiger partial charge in [0.25, 0.3) is 5.91 Å². The lowest BCUT2D eigenvalue weighted by atomic mass is 10.3. The molecule has 3 N–H and O–H groups in total. The van der Waals surface area contributed by atoms with Crippen molar-refractivity contribution in [3.05, 3.63) is 45.1 Å². The van der Waals surface area contributed by atoms with Gasteiger partial charge in [-0.1, -0.05) is 11.6 Å². The molecule has 2 heterocycles. The fourth-order valence-electron chi connectivity index (χ4n) is 1.46. The fraction of sp³-hybridized carbons (Fsp3) is 0.250. The summed E-state index contributed by atoms with van der Waals surface area (Å²) in [5.41, 5.74) is 6.48. The normalized spacial score (nSPS) is 9.43. The molecule has 2 aromatic rings. The van der Waals surface area contributed by atoms with Crippen LogP contribution in [0.25, 0.3) is 0 Å². The molecule has 0 fully saturated rings. The average molecular weight is 370 g/mol. The van der Waals surface area contributed by atoms with Gasteiger partial charge in [0.1, 0.15) is 5.69 Å². The van der Waals surface area contributed by atoms with Crippen LogP contribution in [0.2, 0.25) is 5.02 Å². The summed E-state index contributed by atoms with van der Waals surface area (Å²) in [7, 11) is 0. The van der Waals surface area contributed by atoms with Crippen LogP contribution >= 0.6 is 47.8 Å². The van der Waals surface area contributed by atoms with Crippen molar-refractivity contribution in [2.75, 3.05) is 6.54 Å². The number of rotatable bonds is 5. The molecule has 0 radical (unpaired) electrons. The Bertz CT molecular complexity index is 579. The number of amides is 1. The predicted octanol–water partition coefficient (Wildman–Crippen LogP) is 2.47. The first-order chi connectivity index (χ1) is 9.20. The van der Waals surface area contributed by atoms with Crippen molar-refractivity contribution in [1.82, 2.24) is 15.3 Å². The summed E-state index contributed by atoms with van der Waals surface area (Å²) in [4.78, 5) is 20.2. The zero-order valence-electron chi connectivity index (χ0n) is 10.9. The topological polar surface area (TPSA) is 80.9 Å².